The second-order valence-electron chi connectivity index (χ2n) is 5.62. The summed E-state index contributed by atoms with van der Waals surface area (Å²) in [4.78, 5) is 27.5. The third-order valence-electron chi connectivity index (χ3n) is 3.94. The molecule has 2 rings (SSSR count). The summed E-state index contributed by atoms with van der Waals surface area (Å²) in [5.74, 6) is 0.684. The van der Waals surface area contributed by atoms with E-state index >= 15 is 0 Å². The summed E-state index contributed by atoms with van der Waals surface area (Å²) in [5, 5.41) is 2.92. The lowest BCUT2D eigenvalue weighted by Gasteiger charge is -2.10. The number of nitrogens with one attached hydrogen (secondary N) is 1. The molecule has 0 radical (unpaired) electrons. The Morgan fingerprint density at radius 2 is 2.00 bits per heavy atom. The Balaban J connectivity index is 1.85. The largest absolute Gasteiger partial charge is 0.350 e. The fraction of sp³-hybridized carbons (Fsp3) is 0.562. The first-order chi connectivity index (χ1) is 9.56. The van der Waals surface area contributed by atoms with Crippen molar-refractivity contribution in [2.24, 2.45) is 5.92 Å². The molecule has 1 heterocycles. The van der Waals surface area contributed by atoms with Crippen molar-refractivity contribution >= 4 is 11.7 Å². The molecule has 4 heteroatoms. The number of ketones is 1. The van der Waals surface area contributed by atoms with Crippen LogP contribution in [-0.4, -0.2) is 16.7 Å². The molecular weight excluding hydrogens is 252 g/mol. The zero-order valence-electron chi connectivity index (χ0n) is 12.2. The fourth-order valence-corrected chi connectivity index (χ4v) is 2.82. The summed E-state index contributed by atoms with van der Waals surface area (Å²) in [5.41, 5.74) is 2.17. The number of amides is 1. The summed E-state index contributed by atoms with van der Waals surface area (Å²) >= 11 is 0. The Bertz CT molecular complexity index is 505. The second kappa shape index (κ2) is 6.64. The highest BCUT2D eigenvalue weighted by atomic mass is 16.1. The second-order valence-corrected chi connectivity index (χ2v) is 5.62. The van der Waals surface area contributed by atoms with Crippen LogP contribution in [0.2, 0.25) is 0 Å². The maximum atomic E-state index is 11.8. The van der Waals surface area contributed by atoms with Gasteiger partial charge in [0, 0.05) is 17.7 Å². The molecule has 0 unspecified atom stereocenters. The van der Waals surface area contributed by atoms with E-state index in [0.29, 0.717) is 24.4 Å². The van der Waals surface area contributed by atoms with E-state index in [1.54, 1.807) is 12.1 Å². The highest BCUT2D eigenvalue weighted by Gasteiger charge is 2.18. The fourth-order valence-electron chi connectivity index (χ4n) is 2.82. The van der Waals surface area contributed by atoms with Crippen LogP contribution >= 0.6 is 0 Å². The van der Waals surface area contributed by atoms with Crippen LogP contribution in [0.5, 0.6) is 0 Å². The summed E-state index contributed by atoms with van der Waals surface area (Å²) in [7, 11) is 0. The number of hydrogen-bond acceptors (Lipinski definition) is 3. The van der Waals surface area contributed by atoms with Gasteiger partial charge in [0.2, 0.25) is 5.91 Å². The maximum absolute atomic E-state index is 11.8. The van der Waals surface area contributed by atoms with Crippen molar-refractivity contribution in [3.63, 3.8) is 0 Å². The average molecular weight is 274 g/mol. The Kier molecular flexibility index (Phi) is 4.88. The van der Waals surface area contributed by atoms with E-state index < -0.39 is 0 Å². The number of aryl methyl sites for hydroxylation is 1. The van der Waals surface area contributed by atoms with Gasteiger partial charge in [-0.3, -0.25) is 14.6 Å². The average Bonchev–Trinajstić information content (AvgIpc) is 2.89. The Hall–Kier alpha value is -1.71. The number of pyridine rings is 1. The standard InChI is InChI=1S/C16H22N2O2/c1-11-15(12(2)19)8-7-14(18-11)10-17-16(20)9-13-5-3-4-6-13/h7-8,13H,3-6,9-10H2,1-2H3,(H,17,20). The first kappa shape index (κ1) is 14.7. The van der Waals surface area contributed by atoms with E-state index in [2.05, 4.69) is 10.3 Å². The van der Waals surface area contributed by atoms with Crippen LogP contribution in [0.1, 0.15) is 60.8 Å². The monoisotopic (exact) mass is 274 g/mol. The Morgan fingerprint density at radius 3 is 2.60 bits per heavy atom. The minimum absolute atomic E-state index is 0.0202. The summed E-state index contributed by atoms with van der Waals surface area (Å²) < 4.78 is 0. The van der Waals surface area contributed by atoms with Crippen molar-refractivity contribution in [1.82, 2.24) is 10.3 Å². The van der Waals surface area contributed by atoms with Crippen molar-refractivity contribution in [2.45, 2.75) is 52.5 Å². The van der Waals surface area contributed by atoms with Gasteiger partial charge in [0.25, 0.3) is 0 Å². The number of nitrogens with zero attached hydrogens (tertiary/aromatic N) is 1. The number of rotatable bonds is 5. The Morgan fingerprint density at radius 1 is 1.30 bits per heavy atom. The molecule has 1 aliphatic rings. The molecule has 0 aliphatic heterocycles. The molecule has 1 N–H and O–H groups in total. The van der Waals surface area contributed by atoms with Gasteiger partial charge < -0.3 is 5.32 Å². The molecule has 0 spiro atoms. The van der Waals surface area contributed by atoms with Crippen molar-refractivity contribution in [3.05, 3.63) is 29.1 Å². The van der Waals surface area contributed by atoms with Crippen LogP contribution in [0.25, 0.3) is 0 Å². The zero-order chi connectivity index (χ0) is 14.5. The molecule has 1 aromatic rings. The van der Waals surface area contributed by atoms with Gasteiger partial charge in [-0.05, 0) is 44.7 Å². The molecule has 0 saturated heterocycles. The molecule has 4 nitrogen and oxygen atoms in total. The predicted octanol–water partition coefficient (Wildman–Crippen LogP) is 2.79. The molecule has 0 atom stereocenters. The quantitative estimate of drug-likeness (QED) is 0.840. The molecule has 1 amide bonds. The lowest BCUT2D eigenvalue weighted by Crippen LogP contribution is -2.25. The molecule has 0 aromatic carbocycles. The van der Waals surface area contributed by atoms with Gasteiger partial charge in [-0.1, -0.05) is 12.8 Å². The van der Waals surface area contributed by atoms with E-state index in [9.17, 15) is 9.59 Å². The normalized spacial score (nSPS) is 15.3. The smallest absolute Gasteiger partial charge is 0.220 e. The van der Waals surface area contributed by atoms with Gasteiger partial charge in [-0.15, -0.1) is 0 Å². The highest BCUT2D eigenvalue weighted by Crippen LogP contribution is 2.27. The molecule has 0 bridgehead atoms. The van der Waals surface area contributed by atoms with Crippen molar-refractivity contribution in [3.8, 4) is 0 Å². The van der Waals surface area contributed by atoms with Crippen LogP contribution in [0.4, 0.5) is 0 Å². The topological polar surface area (TPSA) is 59.1 Å². The van der Waals surface area contributed by atoms with E-state index in [1.165, 1.54) is 32.6 Å². The lowest BCUT2D eigenvalue weighted by molar-refractivity contribution is -0.122. The van der Waals surface area contributed by atoms with E-state index in [1.807, 2.05) is 6.92 Å². The van der Waals surface area contributed by atoms with Crippen LogP contribution in [0.3, 0.4) is 0 Å². The molecule has 1 aliphatic carbocycles. The van der Waals surface area contributed by atoms with Crippen molar-refractivity contribution < 1.29 is 9.59 Å². The van der Waals surface area contributed by atoms with Crippen molar-refractivity contribution in [1.29, 1.82) is 0 Å². The van der Waals surface area contributed by atoms with E-state index in [4.69, 9.17) is 0 Å². The van der Waals surface area contributed by atoms with Gasteiger partial charge in [0.05, 0.1) is 12.2 Å². The third kappa shape index (κ3) is 3.89. The van der Waals surface area contributed by atoms with E-state index in [-0.39, 0.29) is 11.7 Å². The van der Waals surface area contributed by atoms with Crippen LogP contribution in [0.15, 0.2) is 12.1 Å². The number of carbonyl (C=O) groups excluding carboxylic acids is 2. The zero-order valence-corrected chi connectivity index (χ0v) is 12.2. The number of Topliss-reactive ketones (excluding diaryl/α,β-unsaturated/α-hetero) is 1. The Labute approximate surface area is 120 Å². The minimum Gasteiger partial charge on any atom is -0.350 e. The maximum Gasteiger partial charge on any atom is 0.220 e. The van der Waals surface area contributed by atoms with Gasteiger partial charge in [0.1, 0.15) is 0 Å². The molecule has 1 aromatic heterocycles. The van der Waals surface area contributed by atoms with Crippen molar-refractivity contribution in [2.75, 3.05) is 0 Å². The summed E-state index contributed by atoms with van der Waals surface area (Å²) in [6.45, 7) is 3.79. The first-order valence-corrected chi connectivity index (χ1v) is 7.30. The lowest BCUT2D eigenvalue weighted by atomic mass is 10.0. The van der Waals surface area contributed by atoms with Crippen LogP contribution in [0, 0.1) is 12.8 Å². The number of carbonyl (C=O) groups is 2. The van der Waals surface area contributed by atoms with E-state index in [0.717, 1.165) is 11.4 Å². The SMILES string of the molecule is CC(=O)c1ccc(CNC(=O)CC2CCCC2)nc1C. The molecule has 1 saturated carbocycles. The highest BCUT2D eigenvalue weighted by molar-refractivity contribution is 5.95. The number of hydrogen-bond donors (Lipinski definition) is 1. The number of aromatic nitrogens is 1. The predicted molar refractivity (Wildman–Crippen MR) is 77.4 cm³/mol. The molecule has 20 heavy (non-hydrogen) atoms. The summed E-state index contributed by atoms with van der Waals surface area (Å²) in [6.07, 6.45) is 5.50. The molecular formula is C16H22N2O2. The van der Waals surface area contributed by atoms with Crippen LogP contribution < -0.4 is 5.32 Å². The van der Waals surface area contributed by atoms with Gasteiger partial charge in [-0.2, -0.15) is 0 Å². The minimum atomic E-state index is 0.0202. The molecule has 1 fully saturated rings. The van der Waals surface area contributed by atoms with Gasteiger partial charge in [-0.25, -0.2) is 0 Å². The van der Waals surface area contributed by atoms with Crippen LogP contribution in [-0.2, 0) is 11.3 Å². The molecule has 108 valence electrons. The van der Waals surface area contributed by atoms with Gasteiger partial charge in [0.15, 0.2) is 5.78 Å². The summed E-state index contributed by atoms with van der Waals surface area (Å²) in [6, 6.07) is 3.59. The first-order valence-electron chi connectivity index (χ1n) is 7.30. The third-order valence-corrected chi connectivity index (χ3v) is 3.94. The van der Waals surface area contributed by atoms with Gasteiger partial charge >= 0.3 is 0 Å².